The molecule has 28 heavy (non-hydrogen) atoms. The highest BCUT2D eigenvalue weighted by molar-refractivity contribution is 7.17. The van der Waals surface area contributed by atoms with Crippen molar-refractivity contribution >= 4 is 22.2 Å². The Morgan fingerprint density at radius 2 is 2.04 bits per heavy atom. The Hall–Kier alpha value is -1.99. The minimum Gasteiger partial charge on any atom is -0.359 e. The van der Waals surface area contributed by atoms with Gasteiger partial charge < -0.3 is 14.6 Å². The van der Waals surface area contributed by atoms with Crippen LogP contribution in [0.15, 0.2) is 16.2 Å². The first-order valence-corrected chi connectivity index (χ1v) is 10.8. The fourth-order valence-corrected chi connectivity index (χ4v) is 5.74. The summed E-state index contributed by atoms with van der Waals surface area (Å²) in [6, 6.07) is 0. The number of nitrogens with zero attached hydrogens (tertiary/aromatic N) is 2. The summed E-state index contributed by atoms with van der Waals surface area (Å²) in [4.78, 5) is 18.6. The van der Waals surface area contributed by atoms with Crippen LogP contribution in [0.3, 0.4) is 0 Å². The van der Waals surface area contributed by atoms with Gasteiger partial charge in [0.2, 0.25) is 0 Å². The highest BCUT2D eigenvalue weighted by Crippen LogP contribution is 2.57. The molecule has 2 aliphatic carbocycles. The molecule has 0 saturated heterocycles. The second-order valence-corrected chi connectivity index (χ2v) is 9.96. The number of amides is 1. The number of nitrogens with one attached hydrogen (secondary N) is 1. The van der Waals surface area contributed by atoms with E-state index in [1.165, 1.54) is 0 Å². The second kappa shape index (κ2) is 6.00. The lowest BCUT2D eigenvalue weighted by atomic mass is 9.94. The van der Waals surface area contributed by atoms with E-state index < -0.39 is 11.2 Å². The van der Waals surface area contributed by atoms with Crippen LogP contribution < -0.4 is 5.32 Å². The molecule has 1 aliphatic heterocycles. The van der Waals surface area contributed by atoms with Crippen LogP contribution in [0.5, 0.6) is 0 Å². The number of aromatic nitrogens is 2. The molecule has 1 N–H and O–H groups in total. The van der Waals surface area contributed by atoms with Gasteiger partial charge in [-0.1, -0.05) is 11.2 Å². The molecule has 0 bridgehead atoms. The maximum Gasteiger partial charge on any atom is 0.261 e. The van der Waals surface area contributed by atoms with E-state index in [1.54, 1.807) is 11.3 Å². The molecule has 0 spiro atoms. The largest absolute Gasteiger partial charge is 0.359 e. The van der Waals surface area contributed by atoms with E-state index in [0.717, 1.165) is 64.5 Å². The minimum atomic E-state index is -0.505. The number of anilines is 1. The monoisotopic (exact) mass is 399 g/mol. The van der Waals surface area contributed by atoms with Gasteiger partial charge in [-0.05, 0) is 59.8 Å². The first kappa shape index (κ1) is 18.1. The van der Waals surface area contributed by atoms with Crippen molar-refractivity contribution in [1.82, 2.24) is 10.1 Å². The normalized spacial score (nSPS) is 22.2. The number of ether oxygens (including phenoxy) is 1. The van der Waals surface area contributed by atoms with Crippen molar-refractivity contribution in [3.8, 4) is 11.5 Å². The van der Waals surface area contributed by atoms with E-state index in [1.807, 2.05) is 6.08 Å². The summed E-state index contributed by atoms with van der Waals surface area (Å²) in [5, 5.41) is 8.11. The molecule has 3 heterocycles. The van der Waals surface area contributed by atoms with E-state index in [-0.39, 0.29) is 5.91 Å². The Balaban J connectivity index is 1.62. The average molecular weight is 400 g/mol. The second-order valence-electron chi connectivity index (χ2n) is 8.94. The van der Waals surface area contributed by atoms with Crippen LogP contribution in [0.1, 0.15) is 82.0 Å². The first-order valence-electron chi connectivity index (χ1n) is 9.98. The van der Waals surface area contributed by atoms with Gasteiger partial charge in [0.05, 0.1) is 16.8 Å². The SMILES string of the molecule is CC1(C)OC(C)(C)c2c1sc(NC(=O)C1=CCCC1)c2-c1nc(C2CC2)no1. The number of carbonyl (C=O) groups excluding carboxylic acids is 1. The maximum absolute atomic E-state index is 12.8. The Morgan fingerprint density at radius 3 is 2.71 bits per heavy atom. The summed E-state index contributed by atoms with van der Waals surface area (Å²) in [5.74, 6) is 1.62. The van der Waals surface area contributed by atoms with Crippen LogP contribution in [0.4, 0.5) is 5.00 Å². The van der Waals surface area contributed by atoms with Crippen molar-refractivity contribution in [3.63, 3.8) is 0 Å². The minimum absolute atomic E-state index is 0.0304. The van der Waals surface area contributed by atoms with Crippen molar-refractivity contribution < 1.29 is 14.1 Å². The summed E-state index contributed by atoms with van der Waals surface area (Å²) in [6.07, 6.45) is 7.10. The Bertz CT molecular complexity index is 995. The predicted molar refractivity (Wildman–Crippen MR) is 107 cm³/mol. The van der Waals surface area contributed by atoms with Gasteiger partial charge in [0.1, 0.15) is 5.00 Å². The third-order valence-corrected chi connectivity index (χ3v) is 7.14. The maximum atomic E-state index is 12.8. The molecular formula is C21H25N3O3S. The number of rotatable bonds is 4. The standard InChI is InChI=1S/C21H25N3O3S/c1-20(2)14-13(18-22-16(24-26-18)11-9-10-11)19(28-15(14)21(3,4)27-20)23-17(25)12-7-5-6-8-12/h7,11H,5-6,8-10H2,1-4H3,(H,23,25). The molecule has 2 aromatic heterocycles. The Kier molecular flexibility index (Phi) is 3.87. The smallest absolute Gasteiger partial charge is 0.261 e. The van der Waals surface area contributed by atoms with Gasteiger partial charge in [0.25, 0.3) is 11.8 Å². The first-order chi connectivity index (χ1) is 13.3. The number of hydrogen-bond donors (Lipinski definition) is 1. The third kappa shape index (κ3) is 2.83. The zero-order chi connectivity index (χ0) is 19.7. The summed E-state index contributed by atoms with van der Waals surface area (Å²) in [7, 11) is 0. The highest BCUT2D eigenvalue weighted by atomic mass is 32.1. The lowest BCUT2D eigenvalue weighted by molar-refractivity contribution is -0.113. The molecule has 0 aromatic carbocycles. The zero-order valence-corrected chi connectivity index (χ0v) is 17.5. The number of carbonyl (C=O) groups is 1. The molecule has 1 fully saturated rings. The predicted octanol–water partition coefficient (Wildman–Crippen LogP) is 5.22. The molecule has 0 atom stereocenters. The molecule has 7 heteroatoms. The molecule has 0 radical (unpaired) electrons. The zero-order valence-electron chi connectivity index (χ0n) is 16.7. The summed E-state index contributed by atoms with van der Waals surface area (Å²) in [6.45, 7) is 8.24. The van der Waals surface area contributed by atoms with E-state index in [0.29, 0.717) is 11.8 Å². The van der Waals surface area contributed by atoms with Crippen LogP contribution in [-0.2, 0) is 20.7 Å². The Labute approximate surface area is 168 Å². The van der Waals surface area contributed by atoms with Gasteiger partial charge in [-0.2, -0.15) is 4.98 Å². The van der Waals surface area contributed by atoms with Crippen molar-refractivity contribution in [2.24, 2.45) is 0 Å². The van der Waals surface area contributed by atoms with E-state index in [9.17, 15) is 4.79 Å². The van der Waals surface area contributed by atoms with E-state index in [4.69, 9.17) is 9.26 Å². The van der Waals surface area contributed by atoms with Crippen molar-refractivity contribution in [2.45, 2.75) is 76.9 Å². The van der Waals surface area contributed by atoms with Gasteiger partial charge in [0.15, 0.2) is 5.82 Å². The lowest BCUT2D eigenvalue weighted by Crippen LogP contribution is -2.23. The van der Waals surface area contributed by atoms with E-state index in [2.05, 4.69) is 43.2 Å². The van der Waals surface area contributed by atoms with Crippen LogP contribution in [0, 0.1) is 0 Å². The van der Waals surface area contributed by atoms with Gasteiger partial charge >= 0.3 is 0 Å². The Morgan fingerprint density at radius 1 is 1.25 bits per heavy atom. The fraction of sp³-hybridized carbons (Fsp3) is 0.571. The van der Waals surface area contributed by atoms with Crippen LogP contribution in [-0.4, -0.2) is 16.0 Å². The number of hydrogen-bond acceptors (Lipinski definition) is 6. The van der Waals surface area contributed by atoms with Crippen molar-refractivity contribution in [2.75, 3.05) is 5.32 Å². The molecule has 2 aromatic rings. The van der Waals surface area contributed by atoms with Gasteiger partial charge in [-0.3, -0.25) is 4.79 Å². The van der Waals surface area contributed by atoms with Crippen LogP contribution in [0.25, 0.3) is 11.5 Å². The molecular weight excluding hydrogens is 374 g/mol. The number of allylic oxidation sites excluding steroid dienone is 1. The fourth-order valence-electron chi connectivity index (χ4n) is 4.36. The average Bonchev–Trinajstić information content (AvgIpc) is 3.03. The lowest BCUT2D eigenvalue weighted by Gasteiger charge is -2.26. The highest BCUT2D eigenvalue weighted by Gasteiger charge is 2.49. The molecule has 3 aliphatic rings. The van der Waals surface area contributed by atoms with Crippen LogP contribution >= 0.6 is 11.3 Å². The van der Waals surface area contributed by atoms with E-state index >= 15 is 0 Å². The number of thiophene rings is 1. The molecule has 6 nitrogen and oxygen atoms in total. The molecule has 0 unspecified atom stereocenters. The summed E-state index contributed by atoms with van der Waals surface area (Å²) >= 11 is 1.56. The molecule has 1 saturated carbocycles. The summed E-state index contributed by atoms with van der Waals surface area (Å²) < 4.78 is 12.0. The van der Waals surface area contributed by atoms with Crippen LogP contribution in [0.2, 0.25) is 0 Å². The third-order valence-electron chi connectivity index (χ3n) is 5.73. The van der Waals surface area contributed by atoms with Crippen molar-refractivity contribution in [1.29, 1.82) is 0 Å². The van der Waals surface area contributed by atoms with Gasteiger partial charge in [-0.15, -0.1) is 11.3 Å². The topological polar surface area (TPSA) is 77.2 Å². The summed E-state index contributed by atoms with van der Waals surface area (Å²) in [5.41, 5.74) is 1.78. The van der Waals surface area contributed by atoms with Gasteiger partial charge in [-0.25, -0.2) is 0 Å². The number of fused-ring (bicyclic) bond motifs is 1. The van der Waals surface area contributed by atoms with Crippen molar-refractivity contribution in [3.05, 3.63) is 27.9 Å². The quantitative estimate of drug-likeness (QED) is 0.762. The molecule has 1 amide bonds. The van der Waals surface area contributed by atoms with Gasteiger partial charge in [0, 0.05) is 21.9 Å². The molecule has 148 valence electrons. The molecule has 5 rings (SSSR count).